The minimum atomic E-state index is -0.903. The zero-order valence-electron chi connectivity index (χ0n) is 14.9. The van der Waals surface area contributed by atoms with Gasteiger partial charge in [0, 0.05) is 24.1 Å². The van der Waals surface area contributed by atoms with E-state index in [0.717, 1.165) is 43.0 Å². The number of ether oxygens (including phenoxy) is 1. The molecule has 25 heavy (non-hydrogen) atoms. The van der Waals surface area contributed by atoms with Crippen LogP contribution in [0.4, 0.5) is 0 Å². The number of likely N-dealkylation sites (tertiary alicyclic amines) is 1. The normalized spacial score (nSPS) is 23.6. The van der Waals surface area contributed by atoms with E-state index >= 15 is 0 Å². The van der Waals surface area contributed by atoms with Crippen molar-refractivity contribution < 1.29 is 14.4 Å². The molecule has 0 unspecified atom stereocenters. The Bertz CT molecular complexity index is 719. The molecule has 2 heterocycles. The van der Waals surface area contributed by atoms with Gasteiger partial charge < -0.3 is 14.4 Å². The number of aliphatic hydroxyl groups is 1. The molecule has 1 aliphatic heterocycles. The first kappa shape index (κ1) is 16.6. The summed E-state index contributed by atoms with van der Waals surface area (Å²) >= 11 is 0. The van der Waals surface area contributed by atoms with Crippen LogP contribution in [0.25, 0.3) is 0 Å². The standard InChI is InChI=1S/C20H26N2O3/c1-20(23,16-7-9-17(24-2)10-8-16)18-4-3-11-22(18)13-15-12-21-25-19(15)14-5-6-14/h7-10,12,14,18,23H,3-6,11,13H2,1-2H3/t18-,20+/m1/s1. The fourth-order valence-corrected chi connectivity index (χ4v) is 4.06. The van der Waals surface area contributed by atoms with Crippen molar-refractivity contribution in [3.8, 4) is 5.75 Å². The van der Waals surface area contributed by atoms with E-state index in [1.54, 1.807) is 7.11 Å². The van der Waals surface area contributed by atoms with Gasteiger partial charge in [-0.3, -0.25) is 4.90 Å². The molecule has 1 saturated heterocycles. The van der Waals surface area contributed by atoms with Crippen molar-refractivity contribution in [2.24, 2.45) is 0 Å². The van der Waals surface area contributed by atoms with Crippen molar-refractivity contribution in [3.05, 3.63) is 47.3 Å². The van der Waals surface area contributed by atoms with Crippen LogP contribution >= 0.6 is 0 Å². The number of methoxy groups -OCH3 is 1. The first-order chi connectivity index (χ1) is 12.1. The van der Waals surface area contributed by atoms with E-state index in [9.17, 15) is 5.11 Å². The van der Waals surface area contributed by atoms with Gasteiger partial charge in [0.15, 0.2) is 0 Å². The lowest BCUT2D eigenvalue weighted by molar-refractivity contribution is -0.0256. The fraction of sp³-hybridized carbons (Fsp3) is 0.550. The molecule has 2 aromatic rings. The monoisotopic (exact) mass is 342 g/mol. The van der Waals surface area contributed by atoms with E-state index in [0.29, 0.717) is 5.92 Å². The lowest BCUT2D eigenvalue weighted by atomic mass is 9.86. The average Bonchev–Trinajstić information content (AvgIpc) is 3.17. The van der Waals surface area contributed by atoms with Gasteiger partial charge in [0.25, 0.3) is 0 Å². The predicted molar refractivity (Wildman–Crippen MR) is 94.5 cm³/mol. The van der Waals surface area contributed by atoms with Crippen LogP contribution in [0.5, 0.6) is 5.75 Å². The number of hydrogen-bond donors (Lipinski definition) is 1. The summed E-state index contributed by atoms with van der Waals surface area (Å²) in [6.07, 6.45) is 6.35. The number of hydrogen-bond acceptors (Lipinski definition) is 5. The van der Waals surface area contributed by atoms with Crippen molar-refractivity contribution in [1.82, 2.24) is 10.1 Å². The van der Waals surface area contributed by atoms with Crippen LogP contribution in [0.2, 0.25) is 0 Å². The number of nitrogens with zero attached hydrogens (tertiary/aromatic N) is 2. The summed E-state index contributed by atoms with van der Waals surface area (Å²) < 4.78 is 10.7. The topological polar surface area (TPSA) is 58.7 Å². The summed E-state index contributed by atoms with van der Waals surface area (Å²) in [6.45, 7) is 3.71. The molecule has 134 valence electrons. The third-order valence-electron chi connectivity index (χ3n) is 5.68. The minimum absolute atomic E-state index is 0.0860. The van der Waals surface area contributed by atoms with Gasteiger partial charge in [0.05, 0.1) is 13.3 Å². The summed E-state index contributed by atoms with van der Waals surface area (Å²) in [6, 6.07) is 7.83. The second-order valence-electron chi connectivity index (χ2n) is 7.49. The molecule has 2 atom stereocenters. The summed E-state index contributed by atoms with van der Waals surface area (Å²) in [5.74, 6) is 2.41. The molecule has 1 aromatic heterocycles. The van der Waals surface area contributed by atoms with Crippen molar-refractivity contribution in [2.45, 2.75) is 56.7 Å². The van der Waals surface area contributed by atoms with Gasteiger partial charge in [-0.05, 0) is 56.8 Å². The molecular formula is C20H26N2O3. The molecule has 2 aliphatic rings. The Kier molecular flexibility index (Phi) is 4.29. The highest BCUT2D eigenvalue weighted by molar-refractivity contribution is 5.32. The van der Waals surface area contributed by atoms with Crippen LogP contribution in [-0.4, -0.2) is 34.9 Å². The highest BCUT2D eigenvalue weighted by atomic mass is 16.5. The van der Waals surface area contributed by atoms with Gasteiger partial charge >= 0.3 is 0 Å². The summed E-state index contributed by atoms with van der Waals surface area (Å²) in [4.78, 5) is 2.38. The minimum Gasteiger partial charge on any atom is -0.497 e. The van der Waals surface area contributed by atoms with Crippen LogP contribution in [0.15, 0.2) is 35.0 Å². The lowest BCUT2D eigenvalue weighted by Crippen LogP contribution is -2.45. The molecule has 5 heteroatoms. The maximum absolute atomic E-state index is 11.3. The second-order valence-corrected chi connectivity index (χ2v) is 7.49. The third kappa shape index (κ3) is 3.18. The smallest absolute Gasteiger partial charge is 0.144 e. The molecule has 2 fully saturated rings. The third-order valence-corrected chi connectivity index (χ3v) is 5.68. The molecule has 1 saturated carbocycles. The summed E-state index contributed by atoms with van der Waals surface area (Å²) in [5.41, 5.74) is 1.21. The fourth-order valence-electron chi connectivity index (χ4n) is 4.06. The molecule has 5 nitrogen and oxygen atoms in total. The van der Waals surface area contributed by atoms with Gasteiger partial charge in [-0.15, -0.1) is 0 Å². The zero-order valence-corrected chi connectivity index (χ0v) is 14.9. The second kappa shape index (κ2) is 6.46. The summed E-state index contributed by atoms with van der Waals surface area (Å²) in [5, 5.41) is 15.3. The molecule has 1 aliphatic carbocycles. The van der Waals surface area contributed by atoms with Crippen LogP contribution in [0, 0.1) is 0 Å². The Labute approximate surface area is 148 Å². The van der Waals surface area contributed by atoms with Crippen molar-refractivity contribution >= 4 is 0 Å². The number of rotatable bonds is 6. The lowest BCUT2D eigenvalue weighted by Gasteiger charge is -2.37. The Morgan fingerprint density at radius 3 is 2.72 bits per heavy atom. The van der Waals surface area contributed by atoms with Crippen LogP contribution in [-0.2, 0) is 12.1 Å². The Morgan fingerprint density at radius 2 is 2.04 bits per heavy atom. The van der Waals surface area contributed by atoms with Gasteiger partial charge in [0.1, 0.15) is 17.1 Å². The average molecular weight is 342 g/mol. The van der Waals surface area contributed by atoms with Gasteiger partial charge in [-0.1, -0.05) is 17.3 Å². The quantitative estimate of drug-likeness (QED) is 0.871. The first-order valence-electron chi connectivity index (χ1n) is 9.14. The van der Waals surface area contributed by atoms with Crippen molar-refractivity contribution in [2.75, 3.05) is 13.7 Å². The van der Waals surface area contributed by atoms with E-state index in [1.807, 2.05) is 37.4 Å². The largest absolute Gasteiger partial charge is 0.497 e. The van der Waals surface area contributed by atoms with Crippen LogP contribution in [0.3, 0.4) is 0 Å². The molecule has 4 rings (SSSR count). The maximum Gasteiger partial charge on any atom is 0.144 e. The van der Waals surface area contributed by atoms with E-state index < -0.39 is 5.60 Å². The maximum atomic E-state index is 11.3. The predicted octanol–water partition coefficient (Wildman–Crippen LogP) is 3.43. The molecule has 0 amide bonds. The molecule has 1 N–H and O–H groups in total. The van der Waals surface area contributed by atoms with Gasteiger partial charge in [-0.25, -0.2) is 0 Å². The Hall–Kier alpha value is -1.85. The summed E-state index contributed by atoms with van der Waals surface area (Å²) in [7, 11) is 1.66. The Morgan fingerprint density at radius 1 is 1.28 bits per heavy atom. The molecule has 0 spiro atoms. The zero-order chi connectivity index (χ0) is 17.4. The Balaban J connectivity index is 1.54. The van der Waals surface area contributed by atoms with E-state index in [2.05, 4.69) is 10.1 Å². The van der Waals surface area contributed by atoms with Crippen molar-refractivity contribution in [3.63, 3.8) is 0 Å². The van der Waals surface area contributed by atoms with E-state index in [-0.39, 0.29) is 6.04 Å². The van der Waals surface area contributed by atoms with E-state index in [1.165, 1.54) is 18.4 Å². The SMILES string of the molecule is COc1ccc([C@](C)(O)[C@H]2CCCN2Cc2cnoc2C2CC2)cc1. The molecule has 0 bridgehead atoms. The molecule has 1 aromatic carbocycles. The van der Waals surface area contributed by atoms with Gasteiger partial charge in [-0.2, -0.15) is 0 Å². The molecule has 0 radical (unpaired) electrons. The van der Waals surface area contributed by atoms with Crippen molar-refractivity contribution in [1.29, 1.82) is 0 Å². The first-order valence-corrected chi connectivity index (χ1v) is 9.14. The number of benzene rings is 1. The van der Waals surface area contributed by atoms with Gasteiger partial charge in [0.2, 0.25) is 0 Å². The number of aromatic nitrogens is 1. The highest BCUT2D eigenvalue weighted by Gasteiger charge is 2.41. The molecular weight excluding hydrogens is 316 g/mol. The van der Waals surface area contributed by atoms with Crippen LogP contribution < -0.4 is 4.74 Å². The van der Waals surface area contributed by atoms with E-state index in [4.69, 9.17) is 9.26 Å². The highest BCUT2D eigenvalue weighted by Crippen LogP contribution is 2.43. The van der Waals surface area contributed by atoms with Crippen LogP contribution in [0.1, 0.15) is 55.4 Å².